The first-order valence-electron chi connectivity index (χ1n) is 15.7. The Morgan fingerprint density at radius 3 is 2.62 bits per heavy atom. The molecule has 4 atom stereocenters. The van der Waals surface area contributed by atoms with Gasteiger partial charge in [-0.1, -0.05) is 87.9 Å². The lowest BCUT2D eigenvalue weighted by Crippen LogP contribution is -2.48. The fourth-order valence-electron chi connectivity index (χ4n) is 6.31. The summed E-state index contributed by atoms with van der Waals surface area (Å²) in [4.78, 5) is 28.0. The minimum Gasteiger partial charge on any atom is -0.389 e. The molecule has 2 aliphatic rings. The fraction of sp³-hybridized carbons (Fsp3) is 0.706. The highest BCUT2D eigenvalue weighted by Crippen LogP contribution is 2.34. The van der Waals surface area contributed by atoms with Gasteiger partial charge in [-0.2, -0.15) is 0 Å². The van der Waals surface area contributed by atoms with Crippen LogP contribution < -0.4 is 0 Å². The molecule has 1 unspecified atom stereocenters. The van der Waals surface area contributed by atoms with E-state index in [-0.39, 0.29) is 35.5 Å². The number of aliphatic hydroxyl groups excluding tert-OH is 1. The van der Waals surface area contributed by atoms with E-state index in [1.165, 1.54) is 5.56 Å². The Kier molecular flexibility index (Phi) is 13.2. The third-order valence-corrected chi connectivity index (χ3v) is 8.62. The minimum atomic E-state index is -0.390. The number of ether oxygens (including phenoxy) is 1. The molecule has 218 valence electrons. The van der Waals surface area contributed by atoms with Crippen LogP contribution in [-0.4, -0.2) is 46.1 Å². The Balaban J connectivity index is 1.42. The van der Waals surface area contributed by atoms with Gasteiger partial charge >= 0.3 is 0 Å². The Hall–Kier alpha value is -1.98. The van der Waals surface area contributed by atoms with Crippen molar-refractivity contribution >= 4 is 11.7 Å². The molecule has 1 aliphatic carbocycles. The zero-order valence-electron chi connectivity index (χ0n) is 24.8. The Morgan fingerprint density at radius 2 is 1.87 bits per heavy atom. The number of hydrogen-bond donors (Lipinski definition) is 1. The van der Waals surface area contributed by atoms with E-state index in [1.807, 2.05) is 24.3 Å². The maximum Gasteiger partial charge on any atom is 0.223 e. The van der Waals surface area contributed by atoms with Crippen molar-refractivity contribution in [2.45, 2.75) is 135 Å². The van der Waals surface area contributed by atoms with Gasteiger partial charge in [-0.15, -0.1) is 0 Å². The second-order valence-corrected chi connectivity index (χ2v) is 12.4. The first kappa shape index (κ1) is 31.5. The van der Waals surface area contributed by atoms with Crippen LogP contribution in [0.15, 0.2) is 42.5 Å². The zero-order valence-corrected chi connectivity index (χ0v) is 24.8. The molecule has 0 aromatic heterocycles. The van der Waals surface area contributed by atoms with Crippen LogP contribution in [-0.2, 0) is 20.9 Å². The number of rotatable bonds is 16. The summed E-state index contributed by atoms with van der Waals surface area (Å²) in [5.74, 6) is 1.01. The van der Waals surface area contributed by atoms with Gasteiger partial charge in [0, 0.05) is 38.0 Å². The maximum absolute atomic E-state index is 13.4. The third-order valence-electron chi connectivity index (χ3n) is 8.62. The van der Waals surface area contributed by atoms with Crippen LogP contribution in [0.1, 0.15) is 116 Å². The normalized spacial score (nSPS) is 23.8. The molecule has 5 heteroatoms. The van der Waals surface area contributed by atoms with Crippen LogP contribution in [0, 0.1) is 11.8 Å². The van der Waals surface area contributed by atoms with Crippen LogP contribution in [0.3, 0.4) is 0 Å². The number of ketones is 1. The van der Waals surface area contributed by atoms with Gasteiger partial charge < -0.3 is 14.7 Å². The number of benzene rings is 1. The van der Waals surface area contributed by atoms with Crippen LogP contribution in [0.5, 0.6) is 0 Å². The second kappa shape index (κ2) is 16.3. The van der Waals surface area contributed by atoms with Crippen molar-refractivity contribution in [2.24, 2.45) is 11.8 Å². The highest BCUT2D eigenvalue weighted by Gasteiger charge is 2.34. The predicted molar refractivity (Wildman–Crippen MR) is 158 cm³/mol. The smallest absolute Gasteiger partial charge is 0.223 e. The van der Waals surface area contributed by atoms with Crippen molar-refractivity contribution in [1.29, 1.82) is 0 Å². The number of aliphatic hydroxyl groups is 1. The third kappa shape index (κ3) is 10.8. The molecule has 5 nitrogen and oxygen atoms in total. The number of Topliss-reactive ketones (excluding diaryl/α,β-unsaturated/α-hetero) is 1. The number of hydrogen-bond acceptors (Lipinski definition) is 4. The average molecular weight is 540 g/mol. The van der Waals surface area contributed by atoms with Crippen molar-refractivity contribution in [2.75, 3.05) is 6.61 Å². The van der Waals surface area contributed by atoms with E-state index in [1.54, 1.807) is 0 Å². The Morgan fingerprint density at radius 1 is 1.10 bits per heavy atom. The van der Waals surface area contributed by atoms with Gasteiger partial charge in [0.1, 0.15) is 5.78 Å². The molecule has 0 bridgehead atoms. The zero-order chi connectivity index (χ0) is 28.1. The van der Waals surface area contributed by atoms with Crippen molar-refractivity contribution < 1.29 is 19.4 Å². The first-order chi connectivity index (χ1) is 18.8. The highest BCUT2D eigenvalue weighted by atomic mass is 16.5. The molecule has 1 saturated carbocycles. The number of carbonyl (C=O) groups is 2. The van der Waals surface area contributed by atoms with Gasteiger partial charge in [-0.05, 0) is 63.9 Å². The summed E-state index contributed by atoms with van der Waals surface area (Å²) < 4.78 is 5.93. The van der Waals surface area contributed by atoms with E-state index >= 15 is 0 Å². The molecule has 1 amide bonds. The van der Waals surface area contributed by atoms with Crippen LogP contribution >= 0.6 is 0 Å². The molecule has 0 spiro atoms. The summed E-state index contributed by atoms with van der Waals surface area (Å²) in [6.07, 6.45) is 16.6. The van der Waals surface area contributed by atoms with E-state index in [0.29, 0.717) is 31.8 Å². The highest BCUT2D eigenvalue weighted by molar-refractivity contribution is 5.83. The van der Waals surface area contributed by atoms with E-state index in [9.17, 15) is 14.7 Å². The largest absolute Gasteiger partial charge is 0.389 e. The van der Waals surface area contributed by atoms with Gasteiger partial charge in [0.15, 0.2) is 0 Å². The number of amides is 1. The van der Waals surface area contributed by atoms with Crippen molar-refractivity contribution in [3.8, 4) is 0 Å². The summed E-state index contributed by atoms with van der Waals surface area (Å²) in [7, 11) is 0. The predicted octanol–water partition coefficient (Wildman–Crippen LogP) is 7.41. The number of unbranched alkanes of at least 4 members (excludes halogenated alkanes) is 5. The Labute approximate surface area is 237 Å². The molecule has 1 aromatic carbocycles. The summed E-state index contributed by atoms with van der Waals surface area (Å²) in [6, 6.07) is 10.5. The summed E-state index contributed by atoms with van der Waals surface area (Å²) in [5.41, 5.74) is 0.976. The SMILES string of the molecule is CCCCC[C@H](O)/C=C/[C@H]1CCC(=O)[C@@H]1CCCCCCC(=O)N(Cc1ccccc1)C1CCOC(C)(C)C1. The fourth-order valence-corrected chi connectivity index (χ4v) is 6.31. The standard InChI is InChI=1S/C34H53NO4/c1-4-5-9-16-30(36)21-19-28-20-22-32(37)31(28)17-12-6-7-13-18-33(38)35(26-27-14-10-8-11-15-27)29-23-24-39-34(2,3)25-29/h8,10-11,14-15,19,21,28-31,36H,4-7,9,12-13,16-18,20,22-26H2,1-3H3/b21-19+/t28-,29?,30-,31+/m0/s1. The summed E-state index contributed by atoms with van der Waals surface area (Å²) >= 11 is 0. The van der Waals surface area contributed by atoms with Gasteiger partial charge in [0.05, 0.1) is 11.7 Å². The molecule has 1 N–H and O–H groups in total. The van der Waals surface area contributed by atoms with E-state index in [2.05, 4.69) is 43.9 Å². The lowest BCUT2D eigenvalue weighted by atomic mass is 9.89. The van der Waals surface area contributed by atoms with Gasteiger partial charge in [-0.3, -0.25) is 9.59 Å². The molecule has 1 saturated heterocycles. The molecular formula is C34H53NO4. The van der Waals surface area contributed by atoms with Gasteiger partial charge in [0.25, 0.3) is 0 Å². The summed E-state index contributed by atoms with van der Waals surface area (Å²) in [5, 5.41) is 10.2. The molecule has 3 rings (SSSR count). The Bertz CT molecular complexity index is 896. The molecular weight excluding hydrogens is 486 g/mol. The molecule has 1 aromatic rings. The van der Waals surface area contributed by atoms with Crippen LogP contribution in [0.2, 0.25) is 0 Å². The topological polar surface area (TPSA) is 66.8 Å². The average Bonchev–Trinajstić information content (AvgIpc) is 3.27. The number of carbonyl (C=O) groups excluding carboxylic acids is 2. The molecule has 1 heterocycles. The van der Waals surface area contributed by atoms with Crippen molar-refractivity contribution in [1.82, 2.24) is 4.90 Å². The van der Waals surface area contributed by atoms with Crippen molar-refractivity contribution in [3.05, 3.63) is 48.0 Å². The molecule has 39 heavy (non-hydrogen) atoms. The molecule has 0 radical (unpaired) electrons. The van der Waals surface area contributed by atoms with E-state index in [0.717, 1.165) is 77.0 Å². The van der Waals surface area contributed by atoms with E-state index in [4.69, 9.17) is 4.74 Å². The number of allylic oxidation sites excluding steroid dienone is 1. The lowest BCUT2D eigenvalue weighted by molar-refractivity contribution is -0.141. The number of nitrogens with zero attached hydrogens (tertiary/aromatic N) is 1. The quantitative estimate of drug-likeness (QED) is 0.175. The van der Waals surface area contributed by atoms with Crippen LogP contribution in [0.4, 0.5) is 0 Å². The van der Waals surface area contributed by atoms with Crippen molar-refractivity contribution in [3.63, 3.8) is 0 Å². The maximum atomic E-state index is 13.4. The molecule has 1 aliphatic heterocycles. The second-order valence-electron chi connectivity index (χ2n) is 12.4. The lowest BCUT2D eigenvalue weighted by Gasteiger charge is -2.41. The first-order valence-corrected chi connectivity index (χ1v) is 15.7. The molecule has 2 fully saturated rings. The summed E-state index contributed by atoms with van der Waals surface area (Å²) in [6.45, 7) is 7.77. The van der Waals surface area contributed by atoms with E-state index < -0.39 is 0 Å². The van der Waals surface area contributed by atoms with Gasteiger partial charge in [0.2, 0.25) is 5.91 Å². The monoisotopic (exact) mass is 539 g/mol. The van der Waals surface area contributed by atoms with Gasteiger partial charge in [-0.25, -0.2) is 0 Å². The minimum absolute atomic E-state index is 0.101. The van der Waals surface area contributed by atoms with Crippen LogP contribution in [0.25, 0.3) is 0 Å².